The largest absolute Gasteiger partial charge is 0.368 e. The average Bonchev–Trinajstić information content (AvgIpc) is 2.64. The Morgan fingerprint density at radius 2 is 1.67 bits per heavy atom. The number of piperazine rings is 1. The second-order valence-corrected chi connectivity index (χ2v) is 6.28. The van der Waals surface area contributed by atoms with Crippen molar-refractivity contribution in [1.29, 1.82) is 0 Å². The van der Waals surface area contributed by atoms with Crippen LogP contribution in [-0.2, 0) is 6.54 Å². The van der Waals surface area contributed by atoms with Crippen molar-refractivity contribution in [3.8, 4) is 0 Å². The molecule has 4 rings (SSSR count). The van der Waals surface area contributed by atoms with Gasteiger partial charge in [-0.3, -0.25) is 9.88 Å². The molecule has 24 heavy (non-hydrogen) atoms. The quantitative estimate of drug-likeness (QED) is 0.733. The minimum atomic E-state index is -0.174. The van der Waals surface area contributed by atoms with Crippen molar-refractivity contribution in [3.05, 3.63) is 72.2 Å². The highest BCUT2D eigenvalue weighted by molar-refractivity contribution is 5.81. The third-order valence-corrected chi connectivity index (χ3v) is 4.63. The fraction of sp³-hybridized carbons (Fsp3) is 0.250. The van der Waals surface area contributed by atoms with E-state index in [0.717, 1.165) is 43.8 Å². The van der Waals surface area contributed by atoms with E-state index < -0.39 is 0 Å². The fourth-order valence-electron chi connectivity index (χ4n) is 3.24. The lowest BCUT2D eigenvalue weighted by atomic mass is 10.1. The van der Waals surface area contributed by atoms with Gasteiger partial charge in [-0.2, -0.15) is 0 Å². The van der Waals surface area contributed by atoms with Crippen molar-refractivity contribution in [1.82, 2.24) is 9.88 Å². The summed E-state index contributed by atoms with van der Waals surface area (Å²) >= 11 is 0. The molecule has 0 N–H and O–H groups in total. The van der Waals surface area contributed by atoms with Crippen LogP contribution in [0.1, 0.15) is 5.56 Å². The van der Waals surface area contributed by atoms with Crippen LogP contribution in [0.5, 0.6) is 0 Å². The molecule has 2 heterocycles. The van der Waals surface area contributed by atoms with Gasteiger partial charge in [0.25, 0.3) is 0 Å². The maximum atomic E-state index is 13.0. The molecule has 1 aliphatic heterocycles. The SMILES string of the molecule is Fc1ccc(CN2CCN(c3cnc4ccccc4c3)CC2)cc1. The number of hydrogen-bond acceptors (Lipinski definition) is 3. The number of benzene rings is 2. The molecule has 2 aromatic carbocycles. The molecular formula is C20H20FN3. The normalized spacial score (nSPS) is 15.8. The van der Waals surface area contributed by atoms with Gasteiger partial charge in [-0.25, -0.2) is 4.39 Å². The van der Waals surface area contributed by atoms with Crippen molar-refractivity contribution >= 4 is 16.6 Å². The first-order valence-electron chi connectivity index (χ1n) is 8.34. The highest BCUT2D eigenvalue weighted by atomic mass is 19.1. The molecule has 0 bridgehead atoms. The van der Waals surface area contributed by atoms with Gasteiger partial charge >= 0.3 is 0 Å². The summed E-state index contributed by atoms with van der Waals surface area (Å²) in [5.41, 5.74) is 3.39. The van der Waals surface area contributed by atoms with E-state index in [-0.39, 0.29) is 5.82 Å². The van der Waals surface area contributed by atoms with Gasteiger partial charge in [-0.1, -0.05) is 30.3 Å². The van der Waals surface area contributed by atoms with Crippen molar-refractivity contribution in [3.63, 3.8) is 0 Å². The molecule has 1 fully saturated rings. The summed E-state index contributed by atoms with van der Waals surface area (Å²) in [7, 11) is 0. The van der Waals surface area contributed by atoms with Crippen LogP contribution in [0.15, 0.2) is 60.8 Å². The Morgan fingerprint density at radius 3 is 2.46 bits per heavy atom. The third kappa shape index (κ3) is 3.24. The molecule has 0 saturated carbocycles. The maximum Gasteiger partial charge on any atom is 0.123 e. The number of anilines is 1. The predicted octanol–water partition coefficient (Wildman–Crippen LogP) is 3.70. The van der Waals surface area contributed by atoms with Gasteiger partial charge in [0.15, 0.2) is 0 Å². The molecule has 3 aromatic rings. The average molecular weight is 321 g/mol. The molecule has 0 spiro atoms. The molecule has 0 radical (unpaired) electrons. The van der Waals surface area contributed by atoms with Crippen LogP contribution in [0, 0.1) is 5.82 Å². The molecule has 1 aliphatic rings. The first kappa shape index (κ1) is 15.1. The van der Waals surface area contributed by atoms with Crippen LogP contribution in [0.3, 0.4) is 0 Å². The lowest BCUT2D eigenvalue weighted by Crippen LogP contribution is -2.46. The number of fused-ring (bicyclic) bond motifs is 1. The van der Waals surface area contributed by atoms with Crippen LogP contribution in [0.25, 0.3) is 10.9 Å². The Labute approximate surface area is 141 Å². The van der Waals surface area contributed by atoms with E-state index in [1.165, 1.54) is 23.2 Å². The van der Waals surface area contributed by atoms with E-state index in [4.69, 9.17) is 0 Å². The molecule has 1 saturated heterocycles. The van der Waals surface area contributed by atoms with Crippen LogP contribution >= 0.6 is 0 Å². The minimum Gasteiger partial charge on any atom is -0.368 e. The Balaban J connectivity index is 1.40. The topological polar surface area (TPSA) is 19.4 Å². The lowest BCUT2D eigenvalue weighted by molar-refractivity contribution is 0.250. The summed E-state index contributed by atoms with van der Waals surface area (Å²) < 4.78 is 13.0. The highest BCUT2D eigenvalue weighted by Gasteiger charge is 2.17. The van der Waals surface area contributed by atoms with Gasteiger partial charge in [0.05, 0.1) is 17.4 Å². The number of pyridine rings is 1. The highest BCUT2D eigenvalue weighted by Crippen LogP contribution is 2.21. The number of rotatable bonds is 3. The summed E-state index contributed by atoms with van der Waals surface area (Å²) in [6.07, 6.45) is 1.97. The molecule has 3 nitrogen and oxygen atoms in total. The zero-order chi connectivity index (χ0) is 16.4. The number of halogens is 1. The van der Waals surface area contributed by atoms with Gasteiger partial charge in [-0.15, -0.1) is 0 Å². The molecule has 0 aliphatic carbocycles. The van der Waals surface area contributed by atoms with E-state index in [2.05, 4.69) is 33.0 Å². The zero-order valence-corrected chi connectivity index (χ0v) is 13.5. The smallest absolute Gasteiger partial charge is 0.123 e. The Hall–Kier alpha value is -2.46. The monoisotopic (exact) mass is 321 g/mol. The van der Waals surface area contributed by atoms with Crippen molar-refractivity contribution in [2.24, 2.45) is 0 Å². The number of para-hydroxylation sites is 1. The number of aromatic nitrogens is 1. The lowest BCUT2D eigenvalue weighted by Gasteiger charge is -2.36. The van der Waals surface area contributed by atoms with E-state index in [1.807, 2.05) is 30.5 Å². The van der Waals surface area contributed by atoms with Crippen molar-refractivity contribution in [2.45, 2.75) is 6.54 Å². The second kappa shape index (κ2) is 6.57. The number of hydrogen-bond donors (Lipinski definition) is 0. The van der Waals surface area contributed by atoms with Gasteiger partial charge in [0.1, 0.15) is 5.82 Å². The summed E-state index contributed by atoms with van der Waals surface area (Å²) in [5.74, 6) is -0.174. The van der Waals surface area contributed by atoms with Gasteiger partial charge in [0, 0.05) is 38.1 Å². The van der Waals surface area contributed by atoms with E-state index >= 15 is 0 Å². The minimum absolute atomic E-state index is 0.174. The second-order valence-electron chi connectivity index (χ2n) is 6.28. The van der Waals surface area contributed by atoms with Gasteiger partial charge in [-0.05, 0) is 29.8 Å². The van der Waals surface area contributed by atoms with Crippen LogP contribution < -0.4 is 4.90 Å². The summed E-state index contributed by atoms with van der Waals surface area (Å²) in [6.45, 7) is 4.86. The molecule has 0 unspecified atom stereocenters. The third-order valence-electron chi connectivity index (χ3n) is 4.63. The standard InChI is InChI=1S/C20H20FN3/c21-18-7-5-16(6-8-18)15-23-9-11-24(12-10-23)19-13-17-3-1-2-4-20(17)22-14-19/h1-8,13-14H,9-12,15H2. The Bertz CT molecular complexity index is 824. The summed E-state index contributed by atoms with van der Waals surface area (Å²) in [6, 6.07) is 17.2. The molecular weight excluding hydrogens is 301 g/mol. The first-order valence-corrected chi connectivity index (χ1v) is 8.34. The van der Waals surface area contributed by atoms with E-state index in [9.17, 15) is 4.39 Å². The Morgan fingerprint density at radius 1 is 0.917 bits per heavy atom. The zero-order valence-electron chi connectivity index (χ0n) is 13.5. The maximum absolute atomic E-state index is 13.0. The molecule has 122 valence electrons. The van der Waals surface area contributed by atoms with Crippen molar-refractivity contribution in [2.75, 3.05) is 31.1 Å². The number of nitrogens with zero attached hydrogens (tertiary/aromatic N) is 3. The molecule has 1 aromatic heterocycles. The van der Waals surface area contributed by atoms with Crippen LogP contribution in [-0.4, -0.2) is 36.1 Å². The molecule has 4 heteroatoms. The van der Waals surface area contributed by atoms with Crippen LogP contribution in [0.4, 0.5) is 10.1 Å². The van der Waals surface area contributed by atoms with E-state index in [1.54, 1.807) is 0 Å². The van der Waals surface area contributed by atoms with Gasteiger partial charge in [0.2, 0.25) is 0 Å². The van der Waals surface area contributed by atoms with Crippen molar-refractivity contribution < 1.29 is 4.39 Å². The molecule has 0 atom stereocenters. The van der Waals surface area contributed by atoms with E-state index in [0.29, 0.717) is 0 Å². The first-order chi connectivity index (χ1) is 11.8. The van der Waals surface area contributed by atoms with Crippen LogP contribution in [0.2, 0.25) is 0 Å². The summed E-state index contributed by atoms with van der Waals surface area (Å²) in [4.78, 5) is 9.36. The molecule has 0 amide bonds. The Kier molecular flexibility index (Phi) is 4.13. The summed E-state index contributed by atoms with van der Waals surface area (Å²) in [5, 5.41) is 1.18. The van der Waals surface area contributed by atoms with Gasteiger partial charge < -0.3 is 4.90 Å². The predicted molar refractivity (Wildman–Crippen MR) is 95.6 cm³/mol. The fourth-order valence-corrected chi connectivity index (χ4v) is 3.24.